The van der Waals surface area contributed by atoms with Crippen LogP contribution in [0, 0.1) is 0 Å². The molecule has 0 aliphatic carbocycles. The van der Waals surface area contributed by atoms with Crippen LogP contribution in [0.5, 0.6) is 5.75 Å². The highest BCUT2D eigenvalue weighted by Gasteiger charge is 2.40. The van der Waals surface area contributed by atoms with Crippen LogP contribution in [0.2, 0.25) is 0 Å². The minimum Gasteiger partial charge on any atom is -0.496 e. The quantitative estimate of drug-likeness (QED) is 0.840. The van der Waals surface area contributed by atoms with Crippen LogP contribution >= 0.6 is 0 Å². The van der Waals surface area contributed by atoms with Crippen LogP contribution < -0.4 is 10.5 Å². The third-order valence-corrected chi connectivity index (χ3v) is 2.22. The lowest BCUT2D eigenvalue weighted by atomic mass is 10.0. The van der Waals surface area contributed by atoms with Gasteiger partial charge in [0.1, 0.15) is 5.75 Å². The largest absolute Gasteiger partial charge is 0.496 e. The molecule has 1 aromatic rings. The third kappa shape index (κ3) is 2.87. The normalized spacial score (nSPS) is 12.7. The predicted octanol–water partition coefficient (Wildman–Crippen LogP) is 3.19. The summed E-state index contributed by atoms with van der Waals surface area (Å²) in [6.07, 6.45) is -9.83. The Morgan fingerprint density at radius 3 is 1.94 bits per heavy atom. The molecule has 0 atom stereocenters. The molecule has 0 aliphatic heterocycles. The van der Waals surface area contributed by atoms with E-state index in [2.05, 4.69) is 4.74 Å². The van der Waals surface area contributed by atoms with Crippen LogP contribution in [-0.4, -0.2) is 7.11 Å². The van der Waals surface area contributed by atoms with Gasteiger partial charge in [0.2, 0.25) is 0 Å². The fourth-order valence-corrected chi connectivity index (χ4v) is 1.46. The molecule has 102 valence electrons. The van der Waals surface area contributed by atoms with Gasteiger partial charge in [-0.1, -0.05) is 0 Å². The number of rotatable bonds is 2. The first-order chi connectivity index (χ1) is 8.11. The SMILES string of the molecule is COc1c(CN)cc(C(F)(F)F)cc1C(F)(F)F. The summed E-state index contributed by atoms with van der Waals surface area (Å²) in [5.74, 6) is -0.682. The summed E-state index contributed by atoms with van der Waals surface area (Å²) >= 11 is 0. The number of benzene rings is 1. The van der Waals surface area contributed by atoms with Crippen LogP contribution in [0.25, 0.3) is 0 Å². The van der Waals surface area contributed by atoms with Crippen molar-refractivity contribution in [3.8, 4) is 5.75 Å². The van der Waals surface area contributed by atoms with Crippen molar-refractivity contribution in [1.82, 2.24) is 0 Å². The van der Waals surface area contributed by atoms with Crippen LogP contribution in [0.1, 0.15) is 16.7 Å². The molecule has 0 spiro atoms. The van der Waals surface area contributed by atoms with Gasteiger partial charge >= 0.3 is 12.4 Å². The van der Waals surface area contributed by atoms with Crippen molar-refractivity contribution in [2.24, 2.45) is 5.73 Å². The second-order valence-corrected chi connectivity index (χ2v) is 3.42. The Hall–Kier alpha value is -1.44. The van der Waals surface area contributed by atoms with E-state index in [0.717, 1.165) is 7.11 Å². The Bertz CT molecular complexity index is 437. The molecule has 0 bridgehead atoms. The first kappa shape index (κ1) is 14.6. The first-order valence-corrected chi connectivity index (χ1v) is 4.66. The van der Waals surface area contributed by atoms with Crippen LogP contribution in [0.15, 0.2) is 12.1 Å². The molecule has 1 rings (SSSR count). The Morgan fingerprint density at radius 2 is 1.61 bits per heavy atom. The van der Waals surface area contributed by atoms with Gasteiger partial charge in [0.25, 0.3) is 0 Å². The van der Waals surface area contributed by atoms with Crippen LogP contribution in [0.4, 0.5) is 26.3 Å². The summed E-state index contributed by atoms with van der Waals surface area (Å²) in [4.78, 5) is 0. The number of methoxy groups -OCH3 is 1. The Balaban J connectivity index is 3.57. The topological polar surface area (TPSA) is 35.2 Å². The molecule has 0 aromatic heterocycles. The predicted molar refractivity (Wildman–Crippen MR) is 50.9 cm³/mol. The minimum absolute atomic E-state index is 0.0119. The zero-order valence-electron chi connectivity index (χ0n) is 9.12. The second-order valence-electron chi connectivity index (χ2n) is 3.42. The van der Waals surface area contributed by atoms with Gasteiger partial charge in [-0.05, 0) is 12.1 Å². The molecule has 0 unspecified atom stereocenters. The van der Waals surface area contributed by atoms with Crippen molar-refractivity contribution in [2.75, 3.05) is 7.11 Å². The van der Waals surface area contributed by atoms with Crippen molar-refractivity contribution in [2.45, 2.75) is 18.9 Å². The number of ether oxygens (including phenoxy) is 1. The smallest absolute Gasteiger partial charge is 0.419 e. The fourth-order valence-electron chi connectivity index (χ4n) is 1.46. The highest BCUT2D eigenvalue weighted by molar-refractivity contribution is 5.47. The molecular weight excluding hydrogens is 264 g/mol. The molecule has 0 radical (unpaired) electrons. The maximum Gasteiger partial charge on any atom is 0.419 e. The second kappa shape index (κ2) is 4.68. The minimum atomic E-state index is -4.95. The average Bonchev–Trinajstić information content (AvgIpc) is 2.24. The highest BCUT2D eigenvalue weighted by atomic mass is 19.4. The van der Waals surface area contributed by atoms with Gasteiger partial charge in [-0.15, -0.1) is 0 Å². The van der Waals surface area contributed by atoms with Gasteiger partial charge in [0, 0.05) is 12.1 Å². The van der Waals surface area contributed by atoms with Crippen molar-refractivity contribution >= 4 is 0 Å². The standard InChI is InChI=1S/C10H9F6NO/c1-18-8-5(4-17)2-6(9(11,12)13)3-7(8)10(14,15)16/h2-3H,4,17H2,1H3. The average molecular weight is 273 g/mol. The van der Waals surface area contributed by atoms with Crippen molar-refractivity contribution < 1.29 is 31.1 Å². The van der Waals surface area contributed by atoms with E-state index in [-0.39, 0.29) is 11.6 Å². The molecule has 0 aliphatic rings. The number of hydrogen-bond acceptors (Lipinski definition) is 2. The molecule has 2 N–H and O–H groups in total. The number of halogens is 6. The van der Waals surface area contributed by atoms with E-state index in [4.69, 9.17) is 5.73 Å². The fraction of sp³-hybridized carbons (Fsp3) is 0.400. The first-order valence-electron chi connectivity index (χ1n) is 4.66. The molecule has 0 amide bonds. The zero-order chi connectivity index (χ0) is 14.1. The van der Waals surface area contributed by atoms with E-state index in [0.29, 0.717) is 6.07 Å². The summed E-state index contributed by atoms with van der Waals surface area (Å²) in [6.45, 7) is -0.490. The van der Waals surface area contributed by atoms with E-state index >= 15 is 0 Å². The monoisotopic (exact) mass is 273 g/mol. The Kier molecular flexibility index (Phi) is 3.80. The lowest BCUT2D eigenvalue weighted by Gasteiger charge is -2.18. The summed E-state index contributed by atoms with van der Waals surface area (Å²) in [5, 5.41) is 0. The molecule has 1 aromatic carbocycles. The summed E-state index contributed by atoms with van der Waals surface area (Å²) < 4.78 is 79.8. The van der Waals surface area contributed by atoms with Gasteiger partial charge in [-0.25, -0.2) is 0 Å². The third-order valence-electron chi connectivity index (χ3n) is 2.22. The number of alkyl halides is 6. The van der Waals surface area contributed by atoms with Crippen molar-refractivity contribution in [1.29, 1.82) is 0 Å². The van der Waals surface area contributed by atoms with Gasteiger partial charge in [0.15, 0.2) is 0 Å². The van der Waals surface area contributed by atoms with Gasteiger partial charge in [0.05, 0.1) is 18.2 Å². The van der Waals surface area contributed by atoms with Crippen molar-refractivity contribution in [3.63, 3.8) is 0 Å². The lowest BCUT2D eigenvalue weighted by molar-refractivity contribution is -0.143. The maximum atomic E-state index is 12.6. The summed E-state index contributed by atoms with van der Waals surface area (Å²) in [5.41, 5.74) is 1.90. The number of hydrogen-bond donors (Lipinski definition) is 1. The van der Waals surface area contributed by atoms with E-state index in [9.17, 15) is 26.3 Å². The summed E-state index contributed by atoms with van der Waals surface area (Å²) in [7, 11) is 0.941. The summed E-state index contributed by atoms with van der Waals surface area (Å²) in [6, 6.07) is 0.562. The van der Waals surface area contributed by atoms with E-state index in [1.165, 1.54) is 0 Å². The zero-order valence-corrected chi connectivity index (χ0v) is 9.12. The van der Waals surface area contributed by atoms with Crippen LogP contribution in [0.3, 0.4) is 0 Å². The molecule has 18 heavy (non-hydrogen) atoms. The van der Waals surface area contributed by atoms with E-state index < -0.39 is 35.8 Å². The molecule has 0 saturated heterocycles. The van der Waals surface area contributed by atoms with Crippen molar-refractivity contribution in [3.05, 3.63) is 28.8 Å². The van der Waals surface area contributed by atoms with E-state index in [1.54, 1.807) is 0 Å². The van der Waals surface area contributed by atoms with Gasteiger partial charge in [-0.3, -0.25) is 0 Å². The number of nitrogens with two attached hydrogens (primary N) is 1. The molecular formula is C10H9F6NO. The lowest BCUT2D eigenvalue weighted by Crippen LogP contribution is -2.15. The molecule has 0 fully saturated rings. The Labute approximate surface area is 98.3 Å². The molecule has 2 nitrogen and oxygen atoms in total. The molecule has 0 heterocycles. The van der Waals surface area contributed by atoms with Gasteiger partial charge < -0.3 is 10.5 Å². The van der Waals surface area contributed by atoms with Crippen LogP contribution in [-0.2, 0) is 18.9 Å². The Morgan fingerprint density at radius 1 is 1.06 bits per heavy atom. The van der Waals surface area contributed by atoms with E-state index in [1.807, 2.05) is 0 Å². The maximum absolute atomic E-state index is 12.6. The molecule has 0 saturated carbocycles. The molecule has 8 heteroatoms. The van der Waals surface area contributed by atoms with Gasteiger partial charge in [-0.2, -0.15) is 26.3 Å². The highest BCUT2D eigenvalue weighted by Crippen LogP contribution is 2.42.